The van der Waals surface area contributed by atoms with Gasteiger partial charge in [-0.2, -0.15) is 0 Å². The molecule has 4 rings (SSSR count). The average molecular weight is 714 g/mol. The SMILES string of the molecule is CCCCCCC(CC)CN(CC(CC)CCCCCC)C(=O)S.O=C1C=C(N2CC2)C(=O)C(N2CC2)=C1N1CC1.[SbH3]. The van der Waals surface area contributed by atoms with E-state index in [1.807, 2.05) is 19.6 Å². The van der Waals surface area contributed by atoms with Crippen LogP contribution in [0.3, 0.4) is 0 Å². The molecule has 0 aromatic rings. The number of allylic oxidation sites excluding steroid dienone is 1. The molecule has 0 radical (unpaired) electrons. The monoisotopic (exact) mass is 712 g/mol. The van der Waals surface area contributed by atoms with Crippen LogP contribution in [0.15, 0.2) is 23.2 Å². The van der Waals surface area contributed by atoms with Gasteiger partial charge in [-0.05, 0) is 24.7 Å². The van der Waals surface area contributed by atoms with E-state index in [1.165, 1.54) is 70.3 Å². The Balaban J connectivity index is 0.000000298. The number of amides is 1. The van der Waals surface area contributed by atoms with E-state index in [1.54, 1.807) is 0 Å². The molecule has 7 nitrogen and oxygen atoms in total. The van der Waals surface area contributed by atoms with Crippen LogP contribution >= 0.6 is 12.6 Å². The number of unbranched alkanes of at least 4 members (excludes halogenated alkanes) is 6. The van der Waals surface area contributed by atoms with E-state index in [0.717, 1.165) is 65.2 Å². The van der Waals surface area contributed by atoms with Gasteiger partial charge in [0.1, 0.15) is 11.4 Å². The summed E-state index contributed by atoms with van der Waals surface area (Å²) in [6.45, 7) is 16.2. The predicted molar refractivity (Wildman–Crippen MR) is 181 cm³/mol. The van der Waals surface area contributed by atoms with Gasteiger partial charge in [-0.1, -0.05) is 105 Å². The average Bonchev–Trinajstić information content (AvgIpc) is 3.80. The van der Waals surface area contributed by atoms with Crippen molar-refractivity contribution in [1.29, 1.82) is 0 Å². The van der Waals surface area contributed by atoms with Gasteiger partial charge in [-0.25, -0.2) is 0 Å². The van der Waals surface area contributed by atoms with E-state index in [-0.39, 0.29) is 41.2 Å². The first kappa shape index (κ1) is 37.0. The molecule has 2 atom stereocenters. The summed E-state index contributed by atoms with van der Waals surface area (Å²) >= 11 is 4.16. The molecule has 1 aliphatic carbocycles. The summed E-state index contributed by atoms with van der Waals surface area (Å²) < 4.78 is 0. The maximum absolute atomic E-state index is 12.4. The fourth-order valence-corrected chi connectivity index (χ4v) is 5.86. The van der Waals surface area contributed by atoms with Crippen LogP contribution in [0.1, 0.15) is 105 Å². The first-order valence-electron chi connectivity index (χ1n) is 16.6. The molecule has 0 saturated carbocycles. The van der Waals surface area contributed by atoms with Gasteiger partial charge >= 0.3 is 24.4 Å². The molecule has 9 heteroatoms. The van der Waals surface area contributed by atoms with E-state index in [9.17, 15) is 14.4 Å². The third kappa shape index (κ3) is 12.1. The van der Waals surface area contributed by atoms with Crippen molar-refractivity contribution < 1.29 is 14.4 Å². The normalized spacial score (nSPS) is 18.6. The summed E-state index contributed by atoms with van der Waals surface area (Å²) in [5.74, 6) is 1.32. The first-order chi connectivity index (χ1) is 19.8. The van der Waals surface area contributed by atoms with E-state index in [2.05, 4.69) is 40.3 Å². The van der Waals surface area contributed by atoms with Gasteiger partial charge in [0.15, 0.2) is 0 Å². The van der Waals surface area contributed by atoms with Crippen molar-refractivity contribution >= 4 is 53.9 Å². The molecule has 0 bridgehead atoms. The number of thiol groups is 1. The van der Waals surface area contributed by atoms with Crippen molar-refractivity contribution in [3.8, 4) is 0 Å². The number of rotatable bonds is 19. The number of hydrogen-bond donors (Lipinski definition) is 1. The molecule has 4 aliphatic rings. The van der Waals surface area contributed by atoms with Crippen molar-refractivity contribution in [3.63, 3.8) is 0 Å². The molecule has 0 aromatic carbocycles. The van der Waals surface area contributed by atoms with Gasteiger partial charge < -0.3 is 19.6 Å². The standard InChI is InChI=1S/C21H43NOS.C12H13N3O2.Sb.3H/c1-5-9-11-13-15-19(7-3)17-22(21(23)24)18-20(8-4)16-14-12-10-6-2;16-9-7-8(13-1-2-13)12(17)11(15-5-6-15)10(9)14-3-4-14;;;;/h19-20H,5-18H2,1-4H3,(H,23,24);7H,1-6H2;;;;. The predicted octanol–water partition coefficient (Wildman–Crippen LogP) is 5.33. The van der Waals surface area contributed by atoms with Crippen molar-refractivity contribution in [3.05, 3.63) is 23.2 Å². The summed E-state index contributed by atoms with van der Waals surface area (Å²) in [5.41, 5.74) is 1.89. The quantitative estimate of drug-likeness (QED) is 0.0643. The van der Waals surface area contributed by atoms with Crippen LogP contribution in [0.25, 0.3) is 0 Å². The molecule has 3 saturated heterocycles. The van der Waals surface area contributed by atoms with Crippen LogP contribution in [0, 0.1) is 11.8 Å². The number of nitrogens with zero attached hydrogens (tertiary/aromatic N) is 4. The summed E-state index contributed by atoms with van der Waals surface area (Å²) in [5, 5.41) is -0.0333. The Labute approximate surface area is 278 Å². The fourth-order valence-electron chi connectivity index (χ4n) is 5.70. The molecule has 0 N–H and O–H groups in total. The van der Waals surface area contributed by atoms with Crippen molar-refractivity contribution in [2.75, 3.05) is 52.4 Å². The van der Waals surface area contributed by atoms with Crippen molar-refractivity contribution in [2.24, 2.45) is 11.8 Å². The van der Waals surface area contributed by atoms with E-state index in [0.29, 0.717) is 28.9 Å². The Morgan fingerprint density at radius 1 is 0.738 bits per heavy atom. The van der Waals surface area contributed by atoms with Gasteiger partial charge in [-0.15, -0.1) is 0 Å². The van der Waals surface area contributed by atoms with E-state index >= 15 is 0 Å². The molecular weight excluding hydrogens is 654 g/mol. The Morgan fingerprint density at radius 3 is 1.57 bits per heavy atom. The third-order valence-electron chi connectivity index (χ3n) is 8.80. The second-order valence-corrected chi connectivity index (χ2v) is 12.7. The molecular formula is C33H59N4O3SSb. The Hall–Kier alpha value is -1.14. The minimum absolute atomic E-state index is 0. The van der Waals surface area contributed by atoms with Crippen LogP contribution in [0.5, 0.6) is 0 Å². The molecule has 42 heavy (non-hydrogen) atoms. The maximum atomic E-state index is 12.4. The Kier molecular flexibility index (Phi) is 17.0. The molecule has 0 aromatic heterocycles. The number of ketones is 2. The van der Waals surface area contributed by atoms with Gasteiger partial charge in [0.25, 0.3) is 5.24 Å². The number of carbonyl (C=O) groups is 3. The third-order valence-corrected chi connectivity index (χ3v) is 9.09. The van der Waals surface area contributed by atoms with Crippen LogP contribution in [-0.2, 0) is 9.59 Å². The summed E-state index contributed by atoms with van der Waals surface area (Å²) in [6, 6.07) is 0. The summed E-state index contributed by atoms with van der Waals surface area (Å²) in [4.78, 5) is 44.5. The number of Topliss-reactive ketones (excluding diaryl/α,β-unsaturated/α-hetero) is 1. The topological polar surface area (TPSA) is 63.5 Å². The Bertz CT molecular complexity index is 922. The second kappa shape index (κ2) is 19.3. The summed E-state index contributed by atoms with van der Waals surface area (Å²) in [6.07, 6.45) is 16.9. The summed E-state index contributed by atoms with van der Waals surface area (Å²) in [7, 11) is 0. The van der Waals surface area contributed by atoms with Gasteiger partial charge in [0.05, 0.1) is 5.70 Å². The van der Waals surface area contributed by atoms with Crippen LogP contribution in [0.2, 0.25) is 0 Å². The fraction of sp³-hybridized carbons (Fsp3) is 0.788. The molecule has 2 unspecified atom stereocenters. The molecule has 3 aliphatic heterocycles. The second-order valence-electron chi connectivity index (χ2n) is 12.3. The van der Waals surface area contributed by atoms with E-state index < -0.39 is 0 Å². The zero-order valence-corrected chi connectivity index (χ0v) is 32.0. The Morgan fingerprint density at radius 2 is 1.19 bits per heavy atom. The molecule has 0 spiro atoms. The van der Waals surface area contributed by atoms with Gasteiger partial charge in [-0.3, -0.25) is 14.4 Å². The van der Waals surface area contributed by atoms with Crippen molar-refractivity contribution in [1.82, 2.24) is 19.6 Å². The number of hydrogen-bond acceptors (Lipinski definition) is 6. The molecule has 1 amide bonds. The van der Waals surface area contributed by atoms with Gasteiger partial charge in [0, 0.05) is 58.4 Å². The van der Waals surface area contributed by atoms with Crippen LogP contribution in [0.4, 0.5) is 4.79 Å². The van der Waals surface area contributed by atoms with Crippen LogP contribution in [-0.4, -0.2) is 113 Å². The molecule has 3 heterocycles. The first-order valence-corrected chi connectivity index (χ1v) is 17.1. The minimum atomic E-state index is -0.0333. The molecule has 3 fully saturated rings. The molecule has 240 valence electrons. The van der Waals surface area contributed by atoms with Crippen LogP contribution < -0.4 is 0 Å². The van der Waals surface area contributed by atoms with Crippen molar-refractivity contribution in [2.45, 2.75) is 105 Å². The zero-order chi connectivity index (χ0) is 29.8. The van der Waals surface area contributed by atoms with Gasteiger partial charge in [0.2, 0.25) is 11.6 Å². The van der Waals surface area contributed by atoms with E-state index in [4.69, 9.17) is 0 Å². The zero-order valence-electron chi connectivity index (χ0n) is 27.0. The number of carbonyl (C=O) groups excluding carboxylic acids is 3.